The second kappa shape index (κ2) is 2.90. The third kappa shape index (κ3) is 1.39. The molecule has 0 aromatic heterocycles. The van der Waals surface area contributed by atoms with Crippen LogP contribution in [0.2, 0.25) is 0 Å². The molecule has 0 amide bonds. The Morgan fingerprint density at radius 3 is 1.67 bits per heavy atom. The Kier molecular flexibility index (Phi) is 2.38. The van der Waals surface area contributed by atoms with E-state index in [2.05, 4.69) is 0 Å². The van der Waals surface area contributed by atoms with Crippen molar-refractivity contribution < 1.29 is 8.37 Å². The van der Waals surface area contributed by atoms with E-state index in [4.69, 9.17) is 8.37 Å². The minimum absolute atomic E-state index is 1.04. The first-order valence-electron chi connectivity index (χ1n) is 3.23. The normalized spacial score (nSPS) is 28.2. The third-order valence-electron chi connectivity index (χ3n) is 1.77. The van der Waals surface area contributed by atoms with Gasteiger partial charge in [-0.05, 0) is 12.8 Å². The van der Waals surface area contributed by atoms with Crippen LogP contribution >= 0.6 is 10.6 Å². The van der Waals surface area contributed by atoms with Gasteiger partial charge in [-0.1, -0.05) is 0 Å². The highest BCUT2D eigenvalue weighted by molar-refractivity contribution is 8.26. The standard InChI is InChI=1S/C6H14O2S/c1-7-9(8-2)5-3-4-6-9/h3-6H2,1-2H3. The fraction of sp³-hybridized carbons (Fsp3) is 1.00. The third-order valence-corrected chi connectivity index (χ3v) is 4.80. The Hall–Kier alpha value is 0.270. The van der Waals surface area contributed by atoms with Crippen molar-refractivity contribution in [2.45, 2.75) is 12.8 Å². The summed E-state index contributed by atoms with van der Waals surface area (Å²) in [5, 5.41) is 0. The van der Waals surface area contributed by atoms with E-state index in [0.29, 0.717) is 0 Å². The minimum Gasteiger partial charge on any atom is -0.288 e. The molecule has 0 saturated carbocycles. The Morgan fingerprint density at radius 1 is 1.00 bits per heavy atom. The first-order valence-corrected chi connectivity index (χ1v) is 5.05. The molecule has 1 fully saturated rings. The van der Waals surface area contributed by atoms with Crippen molar-refractivity contribution in [1.29, 1.82) is 0 Å². The first kappa shape index (κ1) is 7.38. The molecule has 3 heteroatoms. The van der Waals surface area contributed by atoms with E-state index in [9.17, 15) is 0 Å². The van der Waals surface area contributed by atoms with E-state index in [1.54, 1.807) is 14.2 Å². The lowest BCUT2D eigenvalue weighted by molar-refractivity contribution is 0.351. The maximum atomic E-state index is 5.31. The Morgan fingerprint density at radius 2 is 1.44 bits per heavy atom. The van der Waals surface area contributed by atoms with Crippen molar-refractivity contribution in [3.8, 4) is 0 Å². The van der Waals surface area contributed by atoms with Gasteiger partial charge in [0.1, 0.15) is 0 Å². The highest BCUT2D eigenvalue weighted by Gasteiger charge is 2.23. The van der Waals surface area contributed by atoms with E-state index >= 15 is 0 Å². The number of hydrogen-bond acceptors (Lipinski definition) is 2. The van der Waals surface area contributed by atoms with Crippen molar-refractivity contribution in [1.82, 2.24) is 0 Å². The smallest absolute Gasteiger partial charge is 0.0604 e. The zero-order valence-corrected chi connectivity index (χ0v) is 6.87. The topological polar surface area (TPSA) is 18.5 Å². The van der Waals surface area contributed by atoms with Crippen molar-refractivity contribution in [2.75, 3.05) is 25.7 Å². The molecule has 1 aliphatic rings. The predicted molar refractivity (Wildman–Crippen MR) is 40.6 cm³/mol. The van der Waals surface area contributed by atoms with Gasteiger partial charge in [0, 0.05) is 11.5 Å². The van der Waals surface area contributed by atoms with E-state index in [0.717, 1.165) is 11.5 Å². The van der Waals surface area contributed by atoms with Crippen LogP contribution < -0.4 is 0 Å². The lowest BCUT2D eigenvalue weighted by atomic mass is 10.4. The van der Waals surface area contributed by atoms with Crippen molar-refractivity contribution >= 4 is 10.6 Å². The van der Waals surface area contributed by atoms with Gasteiger partial charge in [-0.15, -0.1) is 0 Å². The second-order valence-electron chi connectivity index (χ2n) is 2.19. The molecule has 0 atom stereocenters. The molecule has 0 unspecified atom stereocenters. The van der Waals surface area contributed by atoms with Crippen LogP contribution in [0.1, 0.15) is 12.8 Å². The molecule has 56 valence electrons. The summed E-state index contributed by atoms with van der Waals surface area (Å²) < 4.78 is 10.6. The van der Waals surface area contributed by atoms with E-state index < -0.39 is 10.6 Å². The fourth-order valence-corrected chi connectivity index (χ4v) is 3.44. The molecule has 0 aliphatic carbocycles. The molecule has 9 heavy (non-hydrogen) atoms. The molecule has 1 rings (SSSR count). The quantitative estimate of drug-likeness (QED) is 0.596. The first-order chi connectivity index (χ1) is 4.33. The summed E-state index contributed by atoms with van der Waals surface area (Å²) in [6.45, 7) is 0. The molecule has 0 aromatic carbocycles. The van der Waals surface area contributed by atoms with Crippen molar-refractivity contribution in [3.63, 3.8) is 0 Å². The van der Waals surface area contributed by atoms with Gasteiger partial charge in [0.15, 0.2) is 0 Å². The highest BCUT2D eigenvalue weighted by Crippen LogP contribution is 2.54. The molecular weight excluding hydrogens is 136 g/mol. The predicted octanol–water partition coefficient (Wildman–Crippen LogP) is 1.71. The number of hydrogen-bond donors (Lipinski definition) is 0. The Balaban J connectivity index is 2.45. The molecule has 1 heterocycles. The average Bonchev–Trinajstić information content (AvgIpc) is 2.36. The summed E-state index contributed by atoms with van der Waals surface area (Å²) in [5.74, 6) is 2.28. The number of rotatable bonds is 2. The molecule has 0 spiro atoms. The van der Waals surface area contributed by atoms with Crippen LogP contribution in [0.15, 0.2) is 0 Å². The molecule has 0 bridgehead atoms. The average molecular weight is 150 g/mol. The monoisotopic (exact) mass is 150 g/mol. The highest BCUT2D eigenvalue weighted by atomic mass is 32.3. The second-order valence-corrected chi connectivity index (χ2v) is 5.16. The van der Waals surface area contributed by atoms with Gasteiger partial charge in [0.05, 0.1) is 14.2 Å². The van der Waals surface area contributed by atoms with E-state index in [1.807, 2.05) is 0 Å². The van der Waals surface area contributed by atoms with Crippen molar-refractivity contribution in [3.05, 3.63) is 0 Å². The summed E-state index contributed by atoms with van der Waals surface area (Å²) in [6, 6.07) is 0. The zero-order chi connectivity index (χ0) is 6.74. The van der Waals surface area contributed by atoms with Crippen LogP contribution in [0.3, 0.4) is 0 Å². The molecule has 0 N–H and O–H groups in total. The Bertz CT molecular complexity index is 83.1. The summed E-state index contributed by atoms with van der Waals surface area (Å²) in [4.78, 5) is 0. The van der Waals surface area contributed by atoms with Crippen LogP contribution in [0, 0.1) is 0 Å². The van der Waals surface area contributed by atoms with Gasteiger partial charge in [0.2, 0.25) is 0 Å². The van der Waals surface area contributed by atoms with Gasteiger partial charge in [0.25, 0.3) is 0 Å². The van der Waals surface area contributed by atoms with Crippen LogP contribution in [0.5, 0.6) is 0 Å². The molecule has 0 aromatic rings. The van der Waals surface area contributed by atoms with Gasteiger partial charge in [-0.3, -0.25) is 8.37 Å². The maximum absolute atomic E-state index is 5.31. The molecular formula is C6H14O2S. The summed E-state index contributed by atoms with van der Waals surface area (Å²) in [5.41, 5.74) is 0. The van der Waals surface area contributed by atoms with Crippen LogP contribution in [-0.4, -0.2) is 25.7 Å². The summed E-state index contributed by atoms with van der Waals surface area (Å²) in [6.07, 6.45) is 2.55. The fourth-order valence-electron chi connectivity index (χ4n) is 1.15. The van der Waals surface area contributed by atoms with Gasteiger partial charge in [-0.25, -0.2) is 0 Å². The zero-order valence-electron chi connectivity index (χ0n) is 6.05. The summed E-state index contributed by atoms with van der Waals surface area (Å²) in [7, 11) is 2.47. The molecule has 2 nitrogen and oxygen atoms in total. The van der Waals surface area contributed by atoms with Gasteiger partial charge in [-0.2, -0.15) is 10.6 Å². The van der Waals surface area contributed by atoms with Crippen LogP contribution in [0.25, 0.3) is 0 Å². The van der Waals surface area contributed by atoms with Crippen LogP contribution in [-0.2, 0) is 8.37 Å². The lowest BCUT2D eigenvalue weighted by Crippen LogP contribution is -2.05. The largest absolute Gasteiger partial charge is 0.288 e. The molecule has 1 saturated heterocycles. The summed E-state index contributed by atoms with van der Waals surface area (Å²) >= 11 is 0. The van der Waals surface area contributed by atoms with Crippen molar-refractivity contribution in [2.24, 2.45) is 0 Å². The molecule has 0 radical (unpaired) electrons. The Labute approximate surface area is 58.3 Å². The van der Waals surface area contributed by atoms with Gasteiger partial charge < -0.3 is 0 Å². The minimum atomic E-state index is -1.04. The SMILES string of the molecule is COS1(OC)CCCC1. The maximum Gasteiger partial charge on any atom is 0.0604 e. The van der Waals surface area contributed by atoms with E-state index in [-0.39, 0.29) is 0 Å². The van der Waals surface area contributed by atoms with E-state index in [1.165, 1.54) is 12.8 Å². The molecule has 1 aliphatic heterocycles. The lowest BCUT2D eigenvalue weighted by Gasteiger charge is -2.35. The van der Waals surface area contributed by atoms with Gasteiger partial charge >= 0.3 is 0 Å². The van der Waals surface area contributed by atoms with Crippen LogP contribution in [0.4, 0.5) is 0 Å².